The van der Waals surface area contributed by atoms with Gasteiger partial charge in [0.2, 0.25) is 0 Å². The standard InChI is InChI=1S/C10H20B2O5/c11-9-1-5(14)8(17-9)4-15-6-2-10(12)16-7(6)3-13/h5-10,13-14H,1-4,11-12H2/t5-,6-,7-,8-,9-,10-/m1/s1. The first kappa shape index (κ1) is 13.4. The summed E-state index contributed by atoms with van der Waals surface area (Å²) in [6, 6.07) is 0.205. The Bertz CT molecular complexity index is 255. The molecular weight excluding hydrogens is 222 g/mol. The van der Waals surface area contributed by atoms with Crippen LogP contribution in [0.25, 0.3) is 0 Å². The largest absolute Gasteiger partial charge is 0.394 e. The maximum atomic E-state index is 9.72. The lowest BCUT2D eigenvalue weighted by Crippen LogP contribution is -2.34. The van der Waals surface area contributed by atoms with Crippen LogP contribution in [0.4, 0.5) is 0 Å². The van der Waals surface area contributed by atoms with E-state index in [1.54, 1.807) is 0 Å². The van der Waals surface area contributed by atoms with E-state index in [9.17, 15) is 5.11 Å². The summed E-state index contributed by atoms with van der Waals surface area (Å²) in [5.41, 5.74) is 0. The molecule has 2 aliphatic heterocycles. The fourth-order valence-electron chi connectivity index (χ4n) is 2.56. The molecule has 2 N–H and O–H groups in total. The van der Waals surface area contributed by atoms with Gasteiger partial charge in [0, 0.05) is 12.0 Å². The molecule has 0 aromatic heterocycles. The van der Waals surface area contributed by atoms with Crippen LogP contribution in [0.1, 0.15) is 12.8 Å². The van der Waals surface area contributed by atoms with Gasteiger partial charge in [-0.25, -0.2) is 0 Å². The monoisotopic (exact) mass is 242 g/mol. The highest BCUT2D eigenvalue weighted by molar-refractivity contribution is 6.11. The summed E-state index contributed by atoms with van der Waals surface area (Å²) in [5.74, 6) is 0. The molecule has 7 heteroatoms. The van der Waals surface area contributed by atoms with Crippen molar-refractivity contribution in [3.05, 3.63) is 0 Å². The summed E-state index contributed by atoms with van der Waals surface area (Å²) in [5, 5.41) is 18.9. The highest BCUT2D eigenvalue weighted by atomic mass is 16.6. The predicted octanol–water partition coefficient (Wildman–Crippen LogP) is -2.78. The van der Waals surface area contributed by atoms with Crippen molar-refractivity contribution in [3.63, 3.8) is 0 Å². The molecule has 0 amide bonds. The molecule has 0 spiro atoms. The van der Waals surface area contributed by atoms with E-state index in [1.165, 1.54) is 0 Å². The van der Waals surface area contributed by atoms with Gasteiger partial charge in [0.15, 0.2) is 0 Å². The minimum absolute atomic E-state index is 0.0283. The van der Waals surface area contributed by atoms with Gasteiger partial charge >= 0.3 is 0 Å². The lowest BCUT2D eigenvalue weighted by Gasteiger charge is -2.21. The van der Waals surface area contributed by atoms with Gasteiger partial charge in [-0.2, -0.15) is 0 Å². The van der Waals surface area contributed by atoms with Crippen molar-refractivity contribution < 1.29 is 24.4 Å². The fraction of sp³-hybridized carbons (Fsp3) is 1.00. The molecule has 96 valence electrons. The second-order valence-corrected chi connectivity index (χ2v) is 5.06. The molecule has 2 aliphatic rings. The number of hydrogen-bond donors (Lipinski definition) is 2. The number of aliphatic hydroxyl groups is 2. The number of ether oxygens (including phenoxy) is 3. The van der Waals surface area contributed by atoms with Crippen molar-refractivity contribution in [3.8, 4) is 0 Å². The van der Waals surface area contributed by atoms with Crippen molar-refractivity contribution in [1.29, 1.82) is 0 Å². The average molecular weight is 242 g/mol. The zero-order valence-electron chi connectivity index (χ0n) is 10.4. The Morgan fingerprint density at radius 1 is 1.12 bits per heavy atom. The Kier molecular flexibility index (Phi) is 4.49. The smallest absolute Gasteiger partial charge is 0.139 e. The van der Waals surface area contributed by atoms with Gasteiger partial charge in [0.05, 0.1) is 25.4 Å². The Hall–Kier alpha value is -0.0701. The van der Waals surface area contributed by atoms with Crippen LogP contribution >= 0.6 is 0 Å². The van der Waals surface area contributed by atoms with E-state index in [2.05, 4.69) is 0 Å². The molecule has 0 aromatic carbocycles. The van der Waals surface area contributed by atoms with Gasteiger partial charge in [-0.3, -0.25) is 0 Å². The lowest BCUT2D eigenvalue weighted by molar-refractivity contribution is -0.0822. The first-order chi connectivity index (χ1) is 8.10. The summed E-state index contributed by atoms with van der Waals surface area (Å²) < 4.78 is 16.8. The summed E-state index contributed by atoms with van der Waals surface area (Å²) in [6.07, 6.45) is 0.402. The maximum Gasteiger partial charge on any atom is 0.139 e. The number of hydrogen-bond acceptors (Lipinski definition) is 5. The molecule has 6 atom stereocenters. The van der Waals surface area contributed by atoms with Gasteiger partial charge in [0.1, 0.15) is 27.9 Å². The maximum absolute atomic E-state index is 9.72. The minimum atomic E-state index is -0.447. The predicted molar refractivity (Wildman–Crippen MR) is 66.5 cm³/mol. The average Bonchev–Trinajstić information content (AvgIpc) is 2.78. The zero-order valence-corrected chi connectivity index (χ0v) is 10.4. The molecule has 0 aliphatic carbocycles. The third kappa shape index (κ3) is 3.23. The molecule has 0 aromatic rings. The van der Waals surface area contributed by atoms with Gasteiger partial charge < -0.3 is 24.4 Å². The molecule has 2 fully saturated rings. The molecule has 17 heavy (non-hydrogen) atoms. The fourth-order valence-corrected chi connectivity index (χ4v) is 2.56. The molecule has 0 bridgehead atoms. The summed E-state index contributed by atoms with van der Waals surface area (Å²) in [4.78, 5) is 0. The van der Waals surface area contributed by atoms with Crippen molar-refractivity contribution in [2.75, 3.05) is 13.2 Å². The van der Waals surface area contributed by atoms with E-state index in [4.69, 9.17) is 19.3 Å². The highest BCUT2D eigenvalue weighted by Gasteiger charge is 2.36. The minimum Gasteiger partial charge on any atom is -0.394 e. The Balaban J connectivity index is 1.78. The molecule has 0 radical (unpaired) electrons. The number of aliphatic hydroxyl groups excluding tert-OH is 2. The molecule has 2 saturated heterocycles. The van der Waals surface area contributed by atoms with E-state index in [0.29, 0.717) is 13.0 Å². The topological polar surface area (TPSA) is 68.2 Å². The zero-order chi connectivity index (χ0) is 12.4. The van der Waals surface area contributed by atoms with Crippen LogP contribution in [0.3, 0.4) is 0 Å². The van der Waals surface area contributed by atoms with E-state index >= 15 is 0 Å². The van der Waals surface area contributed by atoms with Crippen LogP contribution in [0.15, 0.2) is 0 Å². The van der Waals surface area contributed by atoms with Crippen molar-refractivity contribution >= 4 is 15.7 Å². The van der Waals surface area contributed by atoms with E-state index in [1.807, 2.05) is 15.7 Å². The molecular formula is C10H20B2O5. The van der Waals surface area contributed by atoms with Crippen molar-refractivity contribution in [2.45, 2.75) is 49.3 Å². The second kappa shape index (κ2) is 5.71. The molecule has 5 nitrogen and oxygen atoms in total. The quantitative estimate of drug-likeness (QED) is 0.522. The van der Waals surface area contributed by atoms with Gasteiger partial charge in [0.25, 0.3) is 0 Å². The Morgan fingerprint density at radius 3 is 2.35 bits per heavy atom. The Labute approximate surface area is 103 Å². The molecule has 0 unspecified atom stereocenters. The third-order valence-electron chi connectivity index (χ3n) is 3.45. The normalized spacial score (nSPS) is 46.5. The third-order valence-corrected chi connectivity index (χ3v) is 3.45. The summed E-state index contributed by atoms with van der Waals surface area (Å²) in [6.45, 7) is 0.336. The molecule has 0 saturated carbocycles. The summed E-state index contributed by atoms with van der Waals surface area (Å²) >= 11 is 0. The highest BCUT2D eigenvalue weighted by Crippen LogP contribution is 2.24. The molecule has 2 rings (SSSR count). The summed E-state index contributed by atoms with van der Waals surface area (Å²) in [7, 11) is 3.91. The van der Waals surface area contributed by atoms with Gasteiger partial charge in [-0.1, -0.05) is 0 Å². The van der Waals surface area contributed by atoms with Crippen molar-refractivity contribution in [2.24, 2.45) is 0 Å². The van der Waals surface area contributed by atoms with Crippen LogP contribution in [0, 0.1) is 0 Å². The first-order valence-corrected chi connectivity index (χ1v) is 6.31. The van der Waals surface area contributed by atoms with Crippen LogP contribution < -0.4 is 0 Å². The molecule has 2 heterocycles. The van der Waals surface area contributed by atoms with Crippen LogP contribution in [-0.4, -0.2) is 75.5 Å². The number of rotatable bonds is 4. The first-order valence-electron chi connectivity index (χ1n) is 6.31. The SMILES string of the molecule is B[C@H]1C[C@@H](O)[C@@H](CO[C@@H]2C[C@H](B)O[C@@H]2CO)O1. The van der Waals surface area contributed by atoms with Gasteiger partial charge in [-0.15, -0.1) is 0 Å². The van der Waals surface area contributed by atoms with Crippen LogP contribution in [0.2, 0.25) is 0 Å². The Morgan fingerprint density at radius 2 is 1.76 bits per heavy atom. The lowest BCUT2D eigenvalue weighted by atomic mass is 9.96. The second-order valence-electron chi connectivity index (χ2n) is 5.06. The van der Waals surface area contributed by atoms with E-state index in [0.717, 1.165) is 6.42 Å². The van der Waals surface area contributed by atoms with Crippen LogP contribution in [-0.2, 0) is 14.2 Å². The van der Waals surface area contributed by atoms with E-state index < -0.39 is 6.10 Å². The van der Waals surface area contributed by atoms with Crippen LogP contribution in [0.5, 0.6) is 0 Å². The van der Waals surface area contributed by atoms with E-state index in [-0.39, 0.29) is 36.9 Å². The van der Waals surface area contributed by atoms with Crippen molar-refractivity contribution in [1.82, 2.24) is 0 Å². The van der Waals surface area contributed by atoms with Gasteiger partial charge in [-0.05, 0) is 12.8 Å².